The molecule has 0 saturated carbocycles. The number of hydrogen-bond donors (Lipinski definition) is 2. The predicted molar refractivity (Wildman–Crippen MR) is 62.5 cm³/mol. The van der Waals surface area contributed by atoms with Gasteiger partial charge in [-0.1, -0.05) is 0 Å². The Kier molecular flexibility index (Phi) is 3.10. The van der Waals surface area contributed by atoms with Crippen molar-refractivity contribution in [3.8, 4) is 5.75 Å². The summed E-state index contributed by atoms with van der Waals surface area (Å²) in [5, 5.41) is 2.90. The fourth-order valence-corrected chi connectivity index (χ4v) is 2.02. The average molecular weight is 220 g/mol. The van der Waals surface area contributed by atoms with Crippen LogP contribution in [0, 0.1) is 5.92 Å². The van der Waals surface area contributed by atoms with Crippen LogP contribution in [0.5, 0.6) is 5.75 Å². The number of ether oxygens (including phenoxy) is 1. The monoisotopic (exact) mass is 220 g/mol. The molecule has 0 radical (unpaired) electrons. The van der Waals surface area contributed by atoms with Gasteiger partial charge in [0.25, 0.3) is 0 Å². The van der Waals surface area contributed by atoms with E-state index < -0.39 is 0 Å². The van der Waals surface area contributed by atoms with Gasteiger partial charge in [-0.2, -0.15) is 0 Å². The van der Waals surface area contributed by atoms with Crippen LogP contribution in [0.25, 0.3) is 0 Å². The molecule has 0 saturated heterocycles. The molecule has 3 N–H and O–H groups in total. The second kappa shape index (κ2) is 4.53. The summed E-state index contributed by atoms with van der Waals surface area (Å²) in [5.74, 6) is 0.883. The van der Waals surface area contributed by atoms with E-state index in [4.69, 9.17) is 10.5 Å². The van der Waals surface area contributed by atoms with Gasteiger partial charge in [-0.3, -0.25) is 4.79 Å². The SMILES string of the molecule is COc1ccc2c(c1)C[C@@H](CCN)C(=O)N2. The second-order valence-corrected chi connectivity index (χ2v) is 3.99. The molecule has 4 heteroatoms. The molecule has 0 bridgehead atoms. The van der Waals surface area contributed by atoms with Crippen LogP contribution in [0.2, 0.25) is 0 Å². The van der Waals surface area contributed by atoms with Crippen molar-refractivity contribution < 1.29 is 9.53 Å². The van der Waals surface area contributed by atoms with Crippen molar-refractivity contribution in [1.82, 2.24) is 0 Å². The molecule has 2 rings (SSSR count). The van der Waals surface area contributed by atoms with Crippen LogP contribution in [0.3, 0.4) is 0 Å². The zero-order valence-corrected chi connectivity index (χ0v) is 9.32. The Morgan fingerprint density at radius 2 is 2.38 bits per heavy atom. The number of rotatable bonds is 3. The highest BCUT2D eigenvalue weighted by molar-refractivity contribution is 5.95. The Balaban J connectivity index is 2.25. The van der Waals surface area contributed by atoms with Gasteiger partial charge in [0.1, 0.15) is 5.75 Å². The zero-order chi connectivity index (χ0) is 11.5. The quantitative estimate of drug-likeness (QED) is 0.803. The van der Waals surface area contributed by atoms with Crippen LogP contribution in [0.15, 0.2) is 18.2 Å². The number of methoxy groups -OCH3 is 1. The summed E-state index contributed by atoms with van der Waals surface area (Å²) in [6.45, 7) is 0.539. The molecule has 4 nitrogen and oxygen atoms in total. The summed E-state index contributed by atoms with van der Waals surface area (Å²) >= 11 is 0. The molecule has 1 atom stereocenters. The van der Waals surface area contributed by atoms with Crippen molar-refractivity contribution in [2.75, 3.05) is 19.0 Å². The van der Waals surface area contributed by atoms with E-state index in [0.717, 1.165) is 29.8 Å². The lowest BCUT2D eigenvalue weighted by atomic mass is 9.90. The van der Waals surface area contributed by atoms with Crippen molar-refractivity contribution in [2.24, 2.45) is 11.7 Å². The molecular formula is C12H16N2O2. The number of anilines is 1. The van der Waals surface area contributed by atoms with Gasteiger partial charge >= 0.3 is 0 Å². The minimum Gasteiger partial charge on any atom is -0.497 e. The minimum atomic E-state index is -0.00962. The number of fused-ring (bicyclic) bond motifs is 1. The summed E-state index contributed by atoms with van der Waals surface area (Å²) in [6.07, 6.45) is 1.47. The first kappa shape index (κ1) is 11.0. The Morgan fingerprint density at radius 1 is 1.56 bits per heavy atom. The average Bonchev–Trinajstić information content (AvgIpc) is 2.30. The van der Waals surface area contributed by atoms with Crippen molar-refractivity contribution in [3.63, 3.8) is 0 Å². The summed E-state index contributed by atoms with van der Waals surface area (Å²) < 4.78 is 5.16. The van der Waals surface area contributed by atoms with Crippen molar-refractivity contribution in [1.29, 1.82) is 0 Å². The predicted octanol–water partition coefficient (Wildman–Crippen LogP) is 1.15. The molecule has 1 aromatic carbocycles. The number of carbonyl (C=O) groups is 1. The molecule has 0 aliphatic carbocycles. The third-order valence-corrected chi connectivity index (χ3v) is 2.92. The van der Waals surface area contributed by atoms with E-state index in [1.807, 2.05) is 18.2 Å². The lowest BCUT2D eigenvalue weighted by Crippen LogP contribution is -2.31. The summed E-state index contributed by atoms with van der Waals surface area (Å²) in [6, 6.07) is 5.70. The first-order valence-electron chi connectivity index (χ1n) is 5.42. The number of carbonyl (C=O) groups excluding carboxylic acids is 1. The van der Waals surface area contributed by atoms with Crippen LogP contribution in [-0.4, -0.2) is 19.6 Å². The number of benzene rings is 1. The van der Waals surface area contributed by atoms with E-state index in [0.29, 0.717) is 6.54 Å². The maximum atomic E-state index is 11.7. The van der Waals surface area contributed by atoms with E-state index in [1.54, 1.807) is 7.11 Å². The maximum absolute atomic E-state index is 11.7. The Bertz CT molecular complexity index is 404. The normalized spacial score (nSPS) is 18.9. The lowest BCUT2D eigenvalue weighted by Gasteiger charge is -2.24. The van der Waals surface area contributed by atoms with E-state index in [2.05, 4.69) is 5.32 Å². The second-order valence-electron chi connectivity index (χ2n) is 3.99. The largest absolute Gasteiger partial charge is 0.497 e. The van der Waals surface area contributed by atoms with E-state index in [1.165, 1.54) is 0 Å². The van der Waals surface area contributed by atoms with Gasteiger partial charge in [-0.15, -0.1) is 0 Å². The molecule has 86 valence electrons. The Hall–Kier alpha value is -1.55. The fourth-order valence-electron chi connectivity index (χ4n) is 2.02. The molecule has 1 aromatic rings. The zero-order valence-electron chi connectivity index (χ0n) is 9.32. The Morgan fingerprint density at radius 3 is 3.06 bits per heavy atom. The molecule has 16 heavy (non-hydrogen) atoms. The van der Waals surface area contributed by atoms with Gasteiger partial charge in [0.05, 0.1) is 7.11 Å². The van der Waals surface area contributed by atoms with Gasteiger partial charge in [0, 0.05) is 11.6 Å². The molecule has 0 fully saturated rings. The molecule has 1 aliphatic heterocycles. The van der Waals surface area contributed by atoms with Crippen LogP contribution in [0.1, 0.15) is 12.0 Å². The van der Waals surface area contributed by atoms with Crippen LogP contribution < -0.4 is 15.8 Å². The lowest BCUT2D eigenvalue weighted by molar-refractivity contribution is -0.120. The third kappa shape index (κ3) is 2.02. The highest BCUT2D eigenvalue weighted by Crippen LogP contribution is 2.29. The molecule has 1 amide bonds. The van der Waals surface area contributed by atoms with Crippen LogP contribution in [-0.2, 0) is 11.2 Å². The van der Waals surface area contributed by atoms with Crippen molar-refractivity contribution in [2.45, 2.75) is 12.8 Å². The smallest absolute Gasteiger partial charge is 0.227 e. The summed E-state index contributed by atoms with van der Waals surface area (Å²) in [7, 11) is 1.64. The molecule has 1 heterocycles. The van der Waals surface area contributed by atoms with Crippen molar-refractivity contribution in [3.05, 3.63) is 23.8 Å². The first-order valence-corrected chi connectivity index (χ1v) is 5.42. The number of nitrogens with two attached hydrogens (primary N) is 1. The number of hydrogen-bond acceptors (Lipinski definition) is 3. The minimum absolute atomic E-state index is 0.00962. The Labute approximate surface area is 94.8 Å². The van der Waals surface area contributed by atoms with E-state index in [9.17, 15) is 4.79 Å². The summed E-state index contributed by atoms with van der Waals surface area (Å²) in [5.41, 5.74) is 7.50. The van der Waals surface area contributed by atoms with E-state index >= 15 is 0 Å². The molecule has 0 unspecified atom stereocenters. The van der Waals surface area contributed by atoms with E-state index in [-0.39, 0.29) is 11.8 Å². The standard InChI is InChI=1S/C12H16N2O2/c1-16-10-2-3-11-9(7-10)6-8(4-5-13)12(15)14-11/h2-3,7-8H,4-6,13H2,1H3,(H,14,15)/t8-/m1/s1. The van der Waals surface area contributed by atoms with Gasteiger partial charge in [-0.05, 0) is 43.1 Å². The highest BCUT2D eigenvalue weighted by atomic mass is 16.5. The maximum Gasteiger partial charge on any atom is 0.227 e. The molecule has 0 spiro atoms. The first-order chi connectivity index (χ1) is 7.74. The van der Waals surface area contributed by atoms with Crippen LogP contribution in [0.4, 0.5) is 5.69 Å². The molecule has 0 aromatic heterocycles. The molecular weight excluding hydrogens is 204 g/mol. The molecule has 1 aliphatic rings. The van der Waals surface area contributed by atoms with Crippen LogP contribution >= 0.6 is 0 Å². The van der Waals surface area contributed by atoms with Gasteiger partial charge in [0.2, 0.25) is 5.91 Å². The van der Waals surface area contributed by atoms with Gasteiger partial charge in [-0.25, -0.2) is 0 Å². The fraction of sp³-hybridized carbons (Fsp3) is 0.417. The highest BCUT2D eigenvalue weighted by Gasteiger charge is 2.25. The van der Waals surface area contributed by atoms with Crippen molar-refractivity contribution >= 4 is 11.6 Å². The number of amides is 1. The topological polar surface area (TPSA) is 64.3 Å². The third-order valence-electron chi connectivity index (χ3n) is 2.92. The summed E-state index contributed by atoms with van der Waals surface area (Å²) in [4.78, 5) is 11.7. The van der Waals surface area contributed by atoms with Gasteiger partial charge < -0.3 is 15.8 Å². The number of nitrogens with one attached hydrogen (secondary N) is 1. The van der Waals surface area contributed by atoms with Gasteiger partial charge in [0.15, 0.2) is 0 Å².